The van der Waals surface area contributed by atoms with Crippen LogP contribution in [-0.4, -0.2) is 21.3 Å². The number of halogens is 3. The van der Waals surface area contributed by atoms with E-state index < -0.39 is 12.3 Å². The lowest BCUT2D eigenvalue weighted by Crippen LogP contribution is -2.20. The number of benzene rings is 1. The number of thiophene rings is 1. The summed E-state index contributed by atoms with van der Waals surface area (Å²) in [5, 5.41) is 14.8. The fourth-order valence-electron chi connectivity index (χ4n) is 3.23. The van der Waals surface area contributed by atoms with Gasteiger partial charge >= 0.3 is 6.18 Å². The van der Waals surface area contributed by atoms with Gasteiger partial charge in [0.05, 0.1) is 5.69 Å². The van der Waals surface area contributed by atoms with E-state index >= 15 is 0 Å². The molecular weight excluding hydrogens is 491 g/mol. The van der Waals surface area contributed by atoms with E-state index in [2.05, 4.69) is 54.8 Å². The van der Waals surface area contributed by atoms with Gasteiger partial charge in [-0.1, -0.05) is 45.0 Å². The van der Waals surface area contributed by atoms with Crippen LogP contribution in [0, 0.1) is 12.8 Å². The first-order valence-electron chi connectivity index (χ1n) is 10.9. The topological polar surface area (TPSA) is 72.0 Å². The monoisotopic (exact) mass is 521 g/mol. The predicted molar refractivity (Wildman–Crippen MR) is 142 cm³/mol. The van der Waals surface area contributed by atoms with Crippen molar-refractivity contribution in [3.8, 4) is 11.3 Å². The molecule has 0 aliphatic rings. The molecule has 35 heavy (non-hydrogen) atoms. The lowest BCUT2D eigenvalue weighted by Gasteiger charge is -2.15. The number of fused-ring (bicyclic) bond motifs is 1. The van der Waals surface area contributed by atoms with E-state index in [0.717, 1.165) is 37.7 Å². The highest BCUT2D eigenvalue weighted by molar-refractivity contribution is 7.77. The molecule has 1 aromatic carbocycles. The molecule has 0 bridgehead atoms. The van der Waals surface area contributed by atoms with Crippen molar-refractivity contribution in [2.24, 2.45) is 11.1 Å². The molecule has 3 N–H and O–H groups in total. The van der Waals surface area contributed by atoms with Crippen LogP contribution in [0.3, 0.4) is 0 Å². The third-order valence-corrected chi connectivity index (χ3v) is 5.92. The van der Waals surface area contributed by atoms with Crippen molar-refractivity contribution in [1.29, 1.82) is 0 Å². The van der Waals surface area contributed by atoms with Crippen molar-refractivity contribution in [2.75, 3.05) is 0 Å². The van der Waals surface area contributed by atoms with Crippen LogP contribution in [0.1, 0.15) is 48.6 Å². The van der Waals surface area contributed by atoms with E-state index in [1.165, 1.54) is 18.3 Å². The van der Waals surface area contributed by atoms with Crippen LogP contribution >= 0.6 is 24.2 Å². The third-order valence-electron chi connectivity index (χ3n) is 4.74. The van der Waals surface area contributed by atoms with E-state index in [4.69, 9.17) is 0 Å². The lowest BCUT2D eigenvalue weighted by atomic mass is 10.0. The van der Waals surface area contributed by atoms with Crippen LogP contribution in [0.4, 0.5) is 13.2 Å². The Labute approximate surface area is 213 Å². The highest BCUT2D eigenvalue weighted by Crippen LogP contribution is 2.37. The number of alkyl halides is 3. The van der Waals surface area contributed by atoms with Gasteiger partial charge in [0.15, 0.2) is 6.10 Å². The summed E-state index contributed by atoms with van der Waals surface area (Å²) in [6.07, 6.45) is -3.51. The van der Waals surface area contributed by atoms with Gasteiger partial charge in [0, 0.05) is 39.6 Å². The molecule has 0 spiro atoms. The maximum absolute atomic E-state index is 12.9. The third kappa shape index (κ3) is 8.03. The second-order valence-corrected chi connectivity index (χ2v) is 9.67. The quantitative estimate of drug-likeness (QED) is 0.246. The van der Waals surface area contributed by atoms with Gasteiger partial charge in [-0.3, -0.25) is 15.1 Å². The minimum Gasteiger partial charge on any atom is -0.379 e. The van der Waals surface area contributed by atoms with E-state index in [1.807, 2.05) is 37.3 Å². The molecule has 0 amide bonds. The van der Waals surface area contributed by atoms with Gasteiger partial charge in [0.1, 0.15) is 0 Å². The summed E-state index contributed by atoms with van der Waals surface area (Å²) in [6.45, 7) is 8.52. The zero-order valence-electron chi connectivity index (χ0n) is 20.0. The first-order chi connectivity index (χ1) is 16.6. The lowest BCUT2D eigenvalue weighted by molar-refractivity contribution is -0.206. The molecule has 1 unspecified atom stereocenters. The average molecular weight is 522 g/mol. The van der Waals surface area contributed by atoms with Gasteiger partial charge in [-0.25, -0.2) is 0 Å². The van der Waals surface area contributed by atoms with Gasteiger partial charge in [-0.2, -0.15) is 13.2 Å². The maximum atomic E-state index is 12.9. The molecule has 0 saturated heterocycles. The normalized spacial score (nSPS) is 12.0. The number of thiol groups is 1. The SMILES string of the molecule is CC(C)C.Cc1cccnc1Cc1cc2cccc(-c3cc(C(O)C(F)(F)F)ccn3)c2s1.NS. The maximum Gasteiger partial charge on any atom is 0.418 e. The number of hydrogen-bond acceptors (Lipinski definition) is 6. The highest BCUT2D eigenvalue weighted by Gasteiger charge is 2.39. The molecule has 0 radical (unpaired) electrons. The molecule has 9 heteroatoms. The summed E-state index contributed by atoms with van der Waals surface area (Å²) in [5.74, 6) is 0.833. The highest BCUT2D eigenvalue weighted by atomic mass is 32.1. The Kier molecular flexibility index (Phi) is 10.7. The van der Waals surface area contributed by atoms with Gasteiger partial charge < -0.3 is 5.11 Å². The molecule has 4 aromatic rings. The summed E-state index contributed by atoms with van der Waals surface area (Å²) in [4.78, 5) is 9.80. The van der Waals surface area contributed by atoms with Crippen LogP contribution in [0.25, 0.3) is 21.3 Å². The van der Waals surface area contributed by atoms with Crippen molar-refractivity contribution in [3.05, 3.63) is 82.6 Å². The molecule has 0 aliphatic carbocycles. The van der Waals surface area contributed by atoms with E-state index in [9.17, 15) is 18.3 Å². The summed E-state index contributed by atoms with van der Waals surface area (Å²) in [5.41, 5.74) is 3.03. The largest absolute Gasteiger partial charge is 0.418 e. The van der Waals surface area contributed by atoms with E-state index in [0.29, 0.717) is 12.1 Å². The minimum atomic E-state index is -4.72. The van der Waals surface area contributed by atoms with Gasteiger partial charge in [0.25, 0.3) is 0 Å². The Morgan fingerprint density at radius 1 is 1.00 bits per heavy atom. The number of rotatable bonds is 4. The van der Waals surface area contributed by atoms with Crippen molar-refractivity contribution in [3.63, 3.8) is 0 Å². The first-order valence-corrected chi connectivity index (χ1v) is 12.3. The van der Waals surface area contributed by atoms with Gasteiger partial charge in [-0.15, -0.1) is 24.2 Å². The van der Waals surface area contributed by atoms with Crippen molar-refractivity contribution >= 4 is 34.2 Å². The Hall–Kier alpha value is -2.46. The Bertz CT molecular complexity index is 1220. The average Bonchev–Trinajstić information content (AvgIpc) is 3.23. The Balaban J connectivity index is 0.000000655. The van der Waals surface area contributed by atoms with Crippen molar-refractivity contribution in [1.82, 2.24) is 9.97 Å². The standard InChI is InChI=1S/C22H17F3N2OS.C4H10.H3NS/c1-13-4-3-8-26-18(13)12-16-10-14-5-2-6-17(20(14)29-16)19-11-15(7-9-27-19)21(28)22(23,24)25;1-4(2)3;1-2/h2-11,21,28H,12H2,1H3;4H,1-3H3;2H,1H2. The number of aryl methyl sites for hydroxylation is 1. The number of nitrogens with zero attached hydrogens (tertiary/aromatic N) is 2. The molecule has 4 nitrogen and oxygen atoms in total. The van der Waals surface area contributed by atoms with Crippen molar-refractivity contribution < 1.29 is 18.3 Å². The number of aliphatic hydroxyl groups is 1. The van der Waals surface area contributed by atoms with E-state index in [-0.39, 0.29) is 5.56 Å². The van der Waals surface area contributed by atoms with Crippen LogP contribution in [0.5, 0.6) is 0 Å². The van der Waals surface area contributed by atoms with Crippen LogP contribution in [0.15, 0.2) is 60.9 Å². The fraction of sp³-hybridized carbons (Fsp3) is 0.308. The Morgan fingerprint density at radius 3 is 2.31 bits per heavy atom. The second-order valence-electron chi connectivity index (χ2n) is 8.53. The smallest absolute Gasteiger partial charge is 0.379 e. The first kappa shape index (κ1) is 28.8. The molecule has 3 aromatic heterocycles. The molecule has 3 heterocycles. The van der Waals surface area contributed by atoms with Gasteiger partial charge in [0.2, 0.25) is 0 Å². The fourth-order valence-corrected chi connectivity index (χ4v) is 4.41. The van der Waals surface area contributed by atoms with Crippen LogP contribution in [-0.2, 0) is 6.42 Å². The zero-order chi connectivity index (χ0) is 26.2. The number of aliphatic hydroxyl groups excluding tert-OH is 1. The summed E-state index contributed by atoms with van der Waals surface area (Å²) in [7, 11) is 0. The van der Waals surface area contributed by atoms with Gasteiger partial charge in [-0.05, 0) is 53.6 Å². The second kappa shape index (κ2) is 13.0. The zero-order valence-corrected chi connectivity index (χ0v) is 21.8. The summed E-state index contributed by atoms with van der Waals surface area (Å²) in [6, 6.07) is 14.1. The number of nitrogens with two attached hydrogens (primary N) is 1. The van der Waals surface area contributed by atoms with E-state index in [1.54, 1.807) is 17.5 Å². The number of aromatic nitrogens is 2. The number of pyridine rings is 2. The molecule has 0 aliphatic heterocycles. The summed E-state index contributed by atoms with van der Waals surface area (Å²) >= 11 is 4.61. The molecule has 0 saturated carbocycles. The molecule has 0 fully saturated rings. The van der Waals surface area contributed by atoms with Crippen LogP contribution in [0.2, 0.25) is 0 Å². The molecule has 4 rings (SSSR count). The number of hydrogen-bond donors (Lipinski definition) is 3. The summed E-state index contributed by atoms with van der Waals surface area (Å²) < 4.78 is 39.6. The van der Waals surface area contributed by atoms with Crippen molar-refractivity contribution in [2.45, 2.75) is 46.4 Å². The molecule has 188 valence electrons. The predicted octanol–water partition coefficient (Wildman–Crippen LogP) is 7.31. The molecule has 1 atom stereocenters. The molecular formula is C26H30F3N3OS2. The van der Waals surface area contributed by atoms with Crippen LogP contribution < -0.4 is 5.14 Å². The Morgan fingerprint density at radius 2 is 1.69 bits per heavy atom. The minimum absolute atomic E-state index is 0.222.